The summed E-state index contributed by atoms with van der Waals surface area (Å²) in [6, 6.07) is 23.0. The largest absolute Gasteiger partial charge is 0.368 e. The standard InChI is InChI=1S/C30H30FN7O/c1-21-3-7-23(8-4-21)27-19-28(24-9-5-22(2)6-10-24)38-30(32-33-34-38)37(27)20-29(39)36-17-15-35(16-18-36)26-13-11-25(31)12-14-26/h3-14,19,28H,15-18,20H2,1-2H3/t28-/m1/s1. The van der Waals surface area contributed by atoms with Crippen LogP contribution in [0.1, 0.15) is 28.3 Å². The van der Waals surface area contributed by atoms with Gasteiger partial charge in [-0.3, -0.25) is 9.69 Å². The Bertz CT molecular complexity index is 1490. The van der Waals surface area contributed by atoms with E-state index in [-0.39, 0.29) is 24.3 Å². The van der Waals surface area contributed by atoms with Gasteiger partial charge in [0.25, 0.3) is 5.95 Å². The summed E-state index contributed by atoms with van der Waals surface area (Å²) in [5, 5.41) is 12.7. The number of hydrogen-bond donors (Lipinski definition) is 0. The molecule has 2 aliphatic rings. The number of fused-ring (bicyclic) bond motifs is 1. The average Bonchev–Trinajstić information content (AvgIpc) is 3.45. The fraction of sp³-hybridized carbons (Fsp3) is 0.267. The normalized spacial score (nSPS) is 17.2. The maximum Gasteiger partial charge on any atom is 0.251 e. The highest BCUT2D eigenvalue weighted by Gasteiger charge is 2.33. The smallest absolute Gasteiger partial charge is 0.251 e. The third-order valence-corrected chi connectivity index (χ3v) is 7.47. The number of piperazine rings is 1. The highest BCUT2D eigenvalue weighted by atomic mass is 19.1. The van der Waals surface area contributed by atoms with Gasteiger partial charge in [-0.2, -0.15) is 4.68 Å². The Kier molecular flexibility index (Phi) is 6.56. The number of halogens is 1. The zero-order chi connectivity index (χ0) is 26.9. The van der Waals surface area contributed by atoms with Crippen LogP contribution in [0.3, 0.4) is 0 Å². The second-order valence-electron chi connectivity index (χ2n) is 10.1. The first-order valence-electron chi connectivity index (χ1n) is 13.2. The number of carbonyl (C=O) groups is 1. The maximum absolute atomic E-state index is 13.6. The number of amides is 1. The van der Waals surface area contributed by atoms with Crippen molar-refractivity contribution in [1.29, 1.82) is 0 Å². The topological polar surface area (TPSA) is 70.4 Å². The van der Waals surface area contributed by atoms with Crippen LogP contribution in [-0.4, -0.2) is 63.7 Å². The summed E-state index contributed by atoms with van der Waals surface area (Å²) >= 11 is 0. The lowest BCUT2D eigenvalue weighted by Gasteiger charge is -2.38. The highest BCUT2D eigenvalue weighted by molar-refractivity contribution is 5.89. The van der Waals surface area contributed by atoms with E-state index in [1.165, 1.54) is 17.7 Å². The molecule has 9 heteroatoms. The van der Waals surface area contributed by atoms with E-state index in [4.69, 9.17) is 0 Å². The molecule has 1 amide bonds. The molecule has 198 valence electrons. The van der Waals surface area contributed by atoms with Gasteiger partial charge in [-0.05, 0) is 65.7 Å². The van der Waals surface area contributed by atoms with Gasteiger partial charge in [0.1, 0.15) is 18.4 Å². The zero-order valence-electron chi connectivity index (χ0n) is 22.0. The van der Waals surface area contributed by atoms with Crippen molar-refractivity contribution >= 4 is 23.2 Å². The number of rotatable bonds is 5. The molecule has 8 nitrogen and oxygen atoms in total. The molecule has 6 rings (SSSR count). The molecule has 0 aliphatic carbocycles. The maximum atomic E-state index is 13.6. The molecule has 3 aromatic carbocycles. The SMILES string of the molecule is Cc1ccc(C2=C[C@H](c3ccc(C)cc3)n3nnnc3N2CC(=O)N2CCN(c3ccc(F)cc3)CC2)cc1. The fourth-order valence-corrected chi connectivity index (χ4v) is 5.20. The van der Waals surface area contributed by atoms with Crippen molar-refractivity contribution in [3.8, 4) is 0 Å². The van der Waals surface area contributed by atoms with Crippen LogP contribution in [0.15, 0.2) is 78.9 Å². The summed E-state index contributed by atoms with van der Waals surface area (Å²) in [4.78, 5) is 19.6. The van der Waals surface area contributed by atoms with Crippen molar-refractivity contribution in [1.82, 2.24) is 25.1 Å². The number of hydrogen-bond acceptors (Lipinski definition) is 6. The summed E-state index contributed by atoms with van der Waals surface area (Å²) in [6.07, 6.45) is 2.14. The van der Waals surface area contributed by atoms with E-state index in [9.17, 15) is 9.18 Å². The van der Waals surface area contributed by atoms with Gasteiger partial charge in [-0.15, -0.1) is 0 Å². The van der Waals surface area contributed by atoms with Crippen molar-refractivity contribution in [3.05, 3.63) is 107 Å². The minimum absolute atomic E-state index is 0.00936. The number of aromatic nitrogens is 4. The van der Waals surface area contributed by atoms with Gasteiger partial charge in [-0.25, -0.2) is 4.39 Å². The molecule has 0 spiro atoms. The zero-order valence-corrected chi connectivity index (χ0v) is 22.0. The minimum atomic E-state index is -0.251. The minimum Gasteiger partial charge on any atom is -0.368 e. The molecule has 39 heavy (non-hydrogen) atoms. The number of allylic oxidation sites excluding steroid dienone is 1. The van der Waals surface area contributed by atoms with E-state index in [1.54, 1.807) is 16.8 Å². The van der Waals surface area contributed by atoms with E-state index < -0.39 is 0 Å². The summed E-state index contributed by atoms with van der Waals surface area (Å²) in [7, 11) is 0. The van der Waals surface area contributed by atoms with E-state index >= 15 is 0 Å². The van der Waals surface area contributed by atoms with E-state index in [1.807, 2.05) is 9.80 Å². The molecule has 0 saturated carbocycles. The molecular weight excluding hydrogens is 493 g/mol. The summed E-state index contributed by atoms with van der Waals surface area (Å²) in [5.41, 5.74) is 6.28. The number of carbonyl (C=O) groups excluding carboxylic acids is 1. The number of nitrogens with zero attached hydrogens (tertiary/aromatic N) is 7. The quantitative estimate of drug-likeness (QED) is 0.390. The first-order valence-corrected chi connectivity index (χ1v) is 13.2. The lowest BCUT2D eigenvalue weighted by atomic mass is 9.99. The van der Waals surface area contributed by atoms with Gasteiger partial charge in [0, 0.05) is 31.9 Å². The van der Waals surface area contributed by atoms with Gasteiger partial charge >= 0.3 is 0 Å². The summed E-state index contributed by atoms with van der Waals surface area (Å²) < 4.78 is 15.1. The lowest BCUT2D eigenvalue weighted by molar-refractivity contribution is -0.129. The molecule has 1 aromatic heterocycles. The molecule has 3 heterocycles. The first kappa shape index (κ1) is 24.8. The molecule has 0 unspecified atom stereocenters. The van der Waals surface area contributed by atoms with Crippen LogP contribution in [0.25, 0.3) is 5.70 Å². The van der Waals surface area contributed by atoms with Crippen LogP contribution in [0.5, 0.6) is 0 Å². The Morgan fingerprint density at radius 2 is 1.51 bits per heavy atom. The van der Waals surface area contributed by atoms with Crippen molar-refractivity contribution < 1.29 is 9.18 Å². The molecule has 2 aliphatic heterocycles. The Labute approximate surface area is 227 Å². The van der Waals surface area contributed by atoms with Crippen LogP contribution in [0.2, 0.25) is 0 Å². The monoisotopic (exact) mass is 523 g/mol. The average molecular weight is 524 g/mol. The number of benzene rings is 3. The molecule has 1 saturated heterocycles. The highest BCUT2D eigenvalue weighted by Crippen LogP contribution is 2.36. The third kappa shape index (κ3) is 4.99. The van der Waals surface area contributed by atoms with Gasteiger partial charge in [0.15, 0.2) is 0 Å². The van der Waals surface area contributed by atoms with Crippen molar-refractivity contribution in [2.75, 3.05) is 42.5 Å². The van der Waals surface area contributed by atoms with E-state index in [2.05, 4.69) is 88.9 Å². The molecule has 0 radical (unpaired) electrons. The van der Waals surface area contributed by atoms with Crippen LogP contribution in [0.4, 0.5) is 16.0 Å². The predicted octanol–water partition coefficient (Wildman–Crippen LogP) is 4.23. The van der Waals surface area contributed by atoms with Crippen LogP contribution >= 0.6 is 0 Å². The second kappa shape index (κ2) is 10.3. The fourth-order valence-electron chi connectivity index (χ4n) is 5.20. The Morgan fingerprint density at radius 1 is 0.872 bits per heavy atom. The number of anilines is 2. The Balaban J connectivity index is 1.27. The van der Waals surface area contributed by atoms with Gasteiger partial charge < -0.3 is 9.80 Å². The Hall–Kier alpha value is -4.53. The number of tetrazole rings is 1. The summed E-state index contributed by atoms with van der Waals surface area (Å²) in [5.74, 6) is 0.297. The lowest BCUT2D eigenvalue weighted by Crippen LogP contribution is -2.51. The predicted molar refractivity (Wildman–Crippen MR) is 149 cm³/mol. The molecule has 1 atom stereocenters. The van der Waals surface area contributed by atoms with Crippen molar-refractivity contribution in [3.63, 3.8) is 0 Å². The Morgan fingerprint density at radius 3 is 2.18 bits per heavy atom. The molecule has 1 fully saturated rings. The first-order chi connectivity index (χ1) is 19.0. The van der Waals surface area contributed by atoms with Gasteiger partial charge in [-0.1, -0.05) is 64.8 Å². The number of aryl methyl sites for hydroxylation is 2. The molecule has 4 aromatic rings. The van der Waals surface area contributed by atoms with Crippen LogP contribution in [-0.2, 0) is 4.79 Å². The molecular formula is C30H30FN7O. The third-order valence-electron chi connectivity index (χ3n) is 7.47. The van der Waals surface area contributed by atoms with Crippen LogP contribution < -0.4 is 9.80 Å². The molecule has 0 bridgehead atoms. The second-order valence-corrected chi connectivity index (χ2v) is 10.1. The van der Waals surface area contributed by atoms with E-state index in [0.717, 1.165) is 28.1 Å². The summed E-state index contributed by atoms with van der Waals surface area (Å²) in [6.45, 7) is 6.79. The molecule has 0 N–H and O–H groups in total. The van der Waals surface area contributed by atoms with E-state index in [0.29, 0.717) is 32.1 Å². The van der Waals surface area contributed by atoms with Gasteiger partial charge in [0.05, 0.1) is 5.70 Å². The van der Waals surface area contributed by atoms with Crippen molar-refractivity contribution in [2.45, 2.75) is 19.9 Å². The van der Waals surface area contributed by atoms with Gasteiger partial charge in [0.2, 0.25) is 5.91 Å². The van der Waals surface area contributed by atoms with Crippen LogP contribution in [0, 0.1) is 19.7 Å². The van der Waals surface area contributed by atoms with Crippen molar-refractivity contribution in [2.24, 2.45) is 0 Å².